The number of amidine groups is 1. The van der Waals surface area contributed by atoms with Crippen LogP contribution in [-0.2, 0) is 14.4 Å². The average Bonchev–Trinajstić information content (AvgIpc) is 2.59. The molecule has 0 aromatic heterocycles. The molecule has 0 aliphatic carbocycles. The Kier molecular flexibility index (Phi) is 6.85. The number of amides is 1. The van der Waals surface area contributed by atoms with Crippen molar-refractivity contribution >= 4 is 29.5 Å². The van der Waals surface area contributed by atoms with Gasteiger partial charge >= 0.3 is 12.1 Å². The van der Waals surface area contributed by atoms with E-state index in [1.807, 2.05) is 20.8 Å². The van der Waals surface area contributed by atoms with Gasteiger partial charge in [-0.05, 0) is 45.7 Å². The van der Waals surface area contributed by atoms with Crippen LogP contribution in [0.5, 0.6) is 0 Å². The van der Waals surface area contributed by atoms with Gasteiger partial charge in [-0.3, -0.25) is 0 Å². The number of piperidine rings is 1. The third-order valence-corrected chi connectivity index (χ3v) is 3.97. The summed E-state index contributed by atoms with van der Waals surface area (Å²) in [6, 6.07) is 6.77. The molecule has 146 valence electrons. The lowest BCUT2D eigenvalue weighted by Gasteiger charge is -2.30. The number of benzene rings is 1. The molecule has 2 N–H and O–H groups in total. The minimum Gasteiger partial charge on any atom is -0.444 e. The zero-order valence-corrected chi connectivity index (χ0v) is 16.5. The number of rotatable bonds is 3. The number of nitrogens with zero attached hydrogens (tertiary/aromatic N) is 2. The molecule has 1 aromatic carbocycles. The maximum Gasteiger partial charge on any atom is 0.410 e. The van der Waals surface area contributed by atoms with Crippen molar-refractivity contribution in [3.63, 3.8) is 0 Å². The molecule has 2 rings (SSSR count). The molecule has 27 heavy (non-hydrogen) atoms. The maximum absolute atomic E-state index is 12.0. The maximum atomic E-state index is 12.0. The lowest BCUT2D eigenvalue weighted by molar-refractivity contribution is -0.137. The summed E-state index contributed by atoms with van der Waals surface area (Å²) >= 11 is 5.89. The van der Waals surface area contributed by atoms with E-state index in [1.165, 1.54) is 6.08 Å². The quantitative estimate of drug-likeness (QED) is 0.279. The summed E-state index contributed by atoms with van der Waals surface area (Å²) in [6.45, 7) is 6.45. The summed E-state index contributed by atoms with van der Waals surface area (Å²) < 4.78 is 5.34. The Bertz CT molecular complexity index is 758. The van der Waals surface area contributed by atoms with Gasteiger partial charge in [0.25, 0.3) is 0 Å². The number of ether oxygens (including phenoxy) is 1. The Hall–Kier alpha value is -2.54. The molecule has 0 bridgehead atoms. The number of hydrogen-bond donors (Lipinski definition) is 1. The molecule has 1 amide bonds. The Morgan fingerprint density at radius 2 is 1.93 bits per heavy atom. The Morgan fingerprint density at radius 1 is 1.26 bits per heavy atom. The molecular formula is C19H24ClN3O4. The fraction of sp³-hybridized carbons (Fsp3) is 0.421. The van der Waals surface area contributed by atoms with E-state index in [2.05, 4.69) is 5.16 Å². The van der Waals surface area contributed by atoms with Gasteiger partial charge < -0.3 is 20.2 Å². The minimum absolute atomic E-state index is 0.0593. The predicted octanol–water partition coefficient (Wildman–Crippen LogP) is 3.46. The van der Waals surface area contributed by atoms with Crippen LogP contribution in [0, 0.1) is 0 Å². The third-order valence-electron chi connectivity index (χ3n) is 3.73. The number of halogens is 1. The van der Waals surface area contributed by atoms with Gasteiger partial charge in [0.15, 0.2) is 5.84 Å². The number of hydrogen-bond acceptors (Lipinski definition) is 5. The van der Waals surface area contributed by atoms with Gasteiger partial charge in [0.1, 0.15) is 5.60 Å². The SMILES string of the molecule is CC(C)(C)OC(=O)N1CCC(=CC(=O)O/N=C(/N)c2cccc(Cl)c2)CC1. The fourth-order valence-corrected chi connectivity index (χ4v) is 2.63. The number of carbonyl (C=O) groups excluding carboxylic acids is 2. The van der Waals surface area contributed by atoms with Crippen LogP contribution in [-0.4, -0.2) is 41.5 Å². The van der Waals surface area contributed by atoms with Crippen LogP contribution in [0.4, 0.5) is 4.79 Å². The molecule has 1 aromatic rings. The van der Waals surface area contributed by atoms with Crippen LogP contribution in [0.25, 0.3) is 0 Å². The van der Waals surface area contributed by atoms with Crippen molar-refractivity contribution in [2.24, 2.45) is 10.9 Å². The zero-order chi connectivity index (χ0) is 20.0. The van der Waals surface area contributed by atoms with Crippen LogP contribution < -0.4 is 5.73 Å². The zero-order valence-electron chi connectivity index (χ0n) is 15.7. The van der Waals surface area contributed by atoms with E-state index in [0.29, 0.717) is 36.5 Å². The van der Waals surface area contributed by atoms with Crippen LogP contribution in [0.15, 0.2) is 41.1 Å². The summed E-state index contributed by atoms with van der Waals surface area (Å²) in [7, 11) is 0. The van der Waals surface area contributed by atoms with Gasteiger partial charge in [-0.2, -0.15) is 0 Å². The first-order valence-corrected chi connectivity index (χ1v) is 8.99. The fourth-order valence-electron chi connectivity index (χ4n) is 2.44. The van der Waals surface area contributed by atoms with Crippen molar-refractivity contribution < 1.29 is 19.2 Å². The topological polar surface area (TPSA) is 94.2 Å². The van der Waals surface area contributed by atoms with E-state index in [4.69, 9.17) is 26.9 Å². The third kappa shape index (κ3) is 6.94. The van der Waals surface area contributed by atoms with Gasteiger partial charge in [-0.1, -0.05) is 34.5 Å². The highest BCUT2D eigenvalue weighted by Gasteiger charge is 2.24. The molecule has 1 aliphatic rings. The summed E-state index contributed by atoms with van der Waals surface area (Å²) in [5, 5.41) is 4.15. The van der Waals surface area contributed by atoms with E-state index in [1.54, 1.807) is 29.2 Å². The normalized spacial score (nSPS) is 15.3. The van der Waals surface area contributed by atoms with Gasteiger partial charge in [-0.25, -0.2) is 9.59 Å². The second kappa shape index (κ2) is 8.90. The first kappa shape index (κ1) is 20.8. The van der Waals surface area contributed by atoms with E-state index < -0.39 is 11.6 Å². The Labute approximate surface area is 163 Å². The standard InChI is InChI=1S/C19H24ClN3O4/c1-19(2,3)26-18(25)23-9-7-13(8-10-23)11-16(24)27-22-17(21)14-5-4-6-15(20)12-14/h4-6,11-12H,7-10H2,1-3H3,(H2,21,22). The molecule has 1 saturated heterocycles. The highest BCUT2D eigenvalue weighted by molar-refractivity contribution is 6.31. The second-order valence-electron chi connectivity index (χ2n) is 7.17. The summed E-state index contributed by atoms with van der Waals surface area (Å²) in [5.74, 6) is -0.551. The lowest BCUT2D eigenvalue weighted by Crippen LogP contribution is -2.40. The number of nitrogens with two attached hydrogens (primary N) is 1. The molecule has 0 saturated carbocycles. The number of likely N-dealkylation sites (tertiary alicyclic amines) is 1. The lowest BCUT2D eigenvalue weighted by atomic mass is 10.0. The number of carbonyl (C=O) groups is 2. The van der Waals surface area contributed by atoms with Gasteiger partial charge in [-0.15, -0.1) is 0 Å². The van der Waals surface area contributed by atoms with E-state index in [9.17, 15) is 9.59 Å². The molecule has 1 fully saturated rings. The molecule has 0 spiro atoms. The first-order valence-electron chi connectivity index (χ1n) is 8.62. The van der Waals surface area contributed by atoms with Gasteiger partial charge in [0.2, 0.25) is 0 Å². The molecule has 1 aliphatic heterocycles. The Morgan fingerprint density at radius 3 is 2.52 bits per heavy atom. The highest BCUT2D eigenvalue weighted by atomic mass is 35.5. The van der Waals surface area contributed by atoms with Crippen molar-refractivity contribution in [2.75, 3.05) is 13.1 Å². The van der Waals surface area contributed by atoms with Crippen LogP contribution in [0.3, 0.4) is 0 Å². The molecule has 0 radical (unpaired) electrons. The van der Waals surface area contributed by atoms with Crippen molar-refractivity contribution in [3.05, 3.63) is 46.5 Å². The average molecular weight is 394 g/mol. The molecule has 0 atom stereocenters. The molecule has 7 nitrogen and oxygen atoms in total. The summed E-state index contributed by atoms with van der Waals surface area (Å²) in [5.41, 5.74) is 6.70. The van der Waals surface area contributed by atoms with E-state index >= 15 is 0 Å². The van der Waals surface area contributed by atoms with E-state index in [0.717, 1.165) is 5.57 Å². The monoisotopic (exact) mass is 393 g/mol. The minimum atomic E-state index is -0.610. The highest BCUT2D eigenvalue weighted by Crippen LogP contribution is 2.19. The van der Waals surface area contributed by atoms with Crippen molar-refractivity contribution in [3.8, 4) is 0 Å². The summed E-state index contributed by atoms with van der Waals surface area (Å²) in [4.78, 5) is 30.4. The van der Waals surface area contributed by atoms with Crippen molar-refractivity contribution in [1.82, 2.24) is 4.90 Å². The first-order chi connectivity index (χ1) is 12.6. The van der Waals surface area contributed by atoms with Crippen LogP contribution >= 0.6 is 11.6 Å². The predicted molar refractivity (Wildman–Crippen MR) is 103 cm³/mol. The van der Waals surface area contributed by atoms with Crippen LogP contribution in [0.2, 0.25) is 5.02 Å². The van der Waals surface area contributed by atoms with Crippen molar-refractivity contribution in [2.45, 2.75) is 39.2 Å². The second-order valence-corrected chi connectivity index (χ2v) is 7.60. The number of oxime groups is 1. The van der Waals surface area contributed by atoms with E-state index in [-0.39, 0.29) is 11.9 Å². The molecule has 1 heterocycles. The molecule has 8 heteroatoms. The smallest absolute Gasteiger partial charge is 0.410 e. The largest absolute Gasteiger partial charge is 0.444 e. The van der Waals surface area contributed by atoms with Crippen molar-refractivity contribution in [1.29, 1.82) is 0 Å². The van der Waals surface area contributed by atoms with Crippen LogP contribution in [0.1, 0.15) is 39.2 Å². The molecule has 0 unspecified atom stereocenters. The summed E-state index contributed by atoms with van der Waals surface area (Å²) in [6.07, 6.45) is 2.19. The molecular weight excluding hydrogens is 370 g/mol. The van der Waals surface area contributed by atoms with Gasteiger partial charge in [0.05, 0.1) is 0 Å². The Balaban J connectivity index is 1.86. The van der Waals surface area contributed by atoms with Gasteiger partial charge in [0, 0.05) is 29.8 Å².